The number of benzene rings is 2. The lowest BCUT2D eigenvalue weighted by atomic mass is 10.2. The number of likely N-dealkylation sites (N-methyl/N-ethyl adjacent to an activating group) is 1. The van der Waals surface area contributed by atoms with Crippen molar-refractivity contribution in [3.8, 4) is 0 Å². The van der Waals surface area contributed by atoms with Crippen molar-refractivity contribution >= 4 is 33.2 Å². The van der Waals surface area contributed by atoms with Gasteiger partial charge in [0, 0.05) is 12.7 Å². The first-order chi connectivity index (χ1) is 12.8. The number of amides is 1. The second kappa shape index (κ2) is 8.02. The lowest BCUT2D eigenvalue weighted by Crippen LogP contribution is -2.35. The third-order valence-electron chi connectivity index (χ3n) is 3.52. The second-order valence-electron chi connectivity index (χ2n) is 5.58. The lowest BCUT2D eigenvalue weighted by molar-refractivity contribution is -0.137. The van der Waals surface area contributed by atoms with Crippen molar-refractivity contribution in [1.82, 2.24) is 4.31 Å². The molecule has 152 valence electrons. The minimum absolute atomic E-state index is 0.250. The van der Waals surface area contributed by atoms with E-state index in [1.807, 2.05) is 0 Å². The number of rotatable bonds is 5. The Morgan fingerprint density at radius 3 is 2.32 bits per heavy atom. The van der Waals surface area contributed by atoms with E-state index in [2.05, 4.69) is 5.32 Å². The Bertz CT molecular complexity index is 1010. The summed E-state index contributed by atoms with van der Waals surface area (Å²) in [6.07, 6.45) is -4.75. The van der Waals surface area contributed by atoms with Crippen LogP contribution >= 0.6 is 11.6 Å². The largest absolute Gasteiger partial charge is 0.417 e. The molecule has 2 rings (SSSR count). The number of carbonyl (C=O) groups is 1. The van der Waals surface area contributed by atoms with Gasteiger partial charge in [-0.05, 0) is 36.4 Å². The second-order valence-corrected chi connectivity index (χ2v) is 8.03. The molecule has 0 aliphatic rings. The van der Waals surface area contributed by atoms with Gasteiger partial charge in [-0.1, -0.05) is 11.6 Å². The highest BCUT2D eigenvalue weighted by Crippen LogP contribution is 2.36. The van der Waals surface area contributed by atoms with E-state index in [1.54, 1.807) is 0 Å². The molecule has 1 amide bonds. The van der Waals surface area contributed by atoms with E-state index in [4.69, 9.17) is 11.6 Å². The number of halogens is 6. The molecular weight excluding hydrogens is 431 g/mol. The van der Waals surface area contributed by atoms with Crippen LogP contribution in [0.4, 0.5) is 27.6 Å². The predicted octanol–water partition coefficient (Wildman–Crippen LogP) is 3.90. The highest BCUT2D eigenvalue weighted by molar-refractivity contribution is 7.89. The van der Waals surface area contributed by atoms with Crippen LogP contribution in [0.1, 0.15) is 5.56 Å². The van der Waals surface area contributed by atoms with Gasteiger partial charge >= 0.3 is 6.18 Å². The Hall–Kier alpha value is -2.24. The summed E-state index contributed by atoms with van der Waals surface area (Å²) in [4.78, 5) is 11.4. The van der Waals surface area contributed by atoms with Crippen LogP contribution in [-0.4, -0.2) is 32.2 Å². The van der Waals surface area contributed by atoms with Crippen molar-refractivity contribution in [3.63, 3.8) is 0 Å². The number of hydrogen-bond acceptors (Lipinski definition) is 3. The summed E-state index contributed by atoms with van der Waals surface area (Å²) in [6, 6.07) is 4.53. The minimum atomic E-state index is -4.75. The molecule has 0 aliphatic heterocycles. The zero-order valence-corrected chi connectivity index (χ0v) is 15.6. The van der Waals surface area contributed by atoms with Gasteiger partial charge in [-0.25, -0.2) is 17.2 Å². The smallest absolute Gasteiger partial charge is 0.325 e. The molecule has 0 aliphatic carbocycles. The van der Waals surface area contributed by atoms with E-state index in [-0.39, 0.29) is 5.69 Å². The van der Waals surface area contributed by atoms with E-state index in [0.29, 0.717) is 22.5 Å². The first-order valence-electron chi connectivity index (χ1n) is 7.40. The molecule has 5 nitrogen and oxygen atoms in total. The van der Waals surface area contributed by atoms with Gasteiger partial charge in [-0.15, -0.1) is 0 Å². The molecule has 2 aromatic rings. The first-order valence-corrected chi connectivity index (χ1v) is 9.22. The molecule has 0 aromatic heterocycles. The molecule has 1 N–H and O–H groups in total. The SMILES string of the molecule is CN(CC(=O)Nc1ccc(Cl)c(C(F)(F)F)c1)S(=O)(=O)c1ccc(F)c(F)c1. The van der Waals surface area contributed by atoms with Crippen LogP contribution in [0, 0.1) is 11.6 Å². The van der Waals surface area contributed by atoms with Crippen molar-refractivity contribution in [2.75, 3.05) is 18.9 Å². The quantitative estimate of drug-likeness (QED) is 0.714. The van der Waals surface area contributed by atoms with Gasteiger partial charge in [0.15, 0.2) is 11.6 Å². The average molecular weight is 443 g/mol. The van der Waals surface area contributed by atoms with Crippen LogP contribution in [0.3, 0.4) is 0 Å². The Labute approximate surface area is 161 Å². The summed E-state index contributed by atoms with van der Waals surface area (Å²) in [5.41, 5.74) is -1.42. The standard InChI is InChI=1S/C16H12ClF5N2O3S/c1-24(28(26,27)10-3-5-13(18)14(19)7-10)8-15(25)23-9-2-4-12(17)11(6-9)16(20,21)22/h2-7H,8H2,1H3,(H,23,25). The fourth-order valence-electron chi connectivity index (χ4n) is 2.13. The number of hydrogen-bond donors (Lipinski definition) is 1. The topological polar surface area (TPSA) is 66.5 Å². The molecular formula is C16H12ClF5N2O3S. The Kier molecular flexibility index (Phi) is 6.31. The number of anilines is 1. The summed E-state index contributed by atoms with van der Waals surface area (Å²) < 4.78 is 89.9. The fourth-order valence-corrected chi connectivity index (χ4v) is 3.49. The van der Waals surface area contributed by atoms with Crippen LogP contribution in [-0.2, 0) is 21.0 Å². The van der Waals surface area contributed by atoms with E-state index in [1.165, 1.54) is 0 Å². The summed E-state index contributed by atoms with van der Waals surface area (Å²) in [7, 11) is -3.34. The van der Waals surface area contributed by atoms with Crippen LogP contribution in [0.15, 0.2) is 41.3 Å². The number of sulfonamides is 1. The Balaban J connectivity index is 2.15. The maximum Gasteiger partial charge on any atom is 0.417 e. The van der Waals surface area contributed by atoms with Gasteiger partial charge in [0.2, 0.25) is 15.9 Å². The highest BCUT2D eigenvalue weighted by atomic mass is 35.5. The third kappa shape index (κ3) is 4.97. The first kappa shape index (κ1) is 22.1. The molecule has 0 unspecified atom stereocenters. The maximum atomic E-state index is 13.2. The third-order valence-corrected chi connectivity index (χ3v) is 5.65. The monoisotopic (exact) mass is 442 g/mol. The van der Waals surface area contributed by atoms with Gasteiger partial charge in [-0.2, -0.15) is 17.5 Å². The predicted molar refractivity (Wildman–Crippen MR) is 91.3 cm³/mol. The van der Waals surface area contributed by atoms with E-state index < -0.39 is 55.8 Å². The molecule has 0 bridgehead atoms. The zero-order valence-electron chi connectivity index (χ0n) is 14.0. The molecule has 12 heteroatoms. The van der Waals surface area contributed by atoms with Gasteiger partial charge in [-0.3, -0.25) is 4.79 Å². The minimum Gasteiger partial charge on any atom is -0.325 e. The van der Waals surface area contributed by atoms with Crippen molar-refractivity contribution < 1.29 is 35.2 Å². The molecule has 28 heavy (non-hydrogen) atoms. The number of carbonyl (C=O) groups excluding carboxylic acids is 1. The van der Waals surface area contributed by atoms with Crippen LogP contribution in [0.25, 0.3) is 0 Å². The maximum absolute atomic E-state index is 13.2. The summed E-state index contributed by atoms with van der Waals surface area (Å²) in [5, 5.41) is 1.55. The van der Waals surface area contributed by atoms with E-state index in [0.717, 1.165) is 25.2 Å². The van der Waals surface area contributed by atoms with Gasteiger partial charge in [0.05, 0.1) is 22.0 Å². The molecule has 0 saturated heterocycles. The lowest BCUT2D eigenvalue weighted by Gasteiger charge is -2.17. The molecule has 0 spiro atoms. The van der Waals surface area contributed by atoms with Gasteiger partial charge < -0.3 is 5.32 Å². The van der Waals surface area contributed by atoms with Crippen LogP contribution in [0.5, 0.6) is 0 Å². The van der Waals surface area contributed by atoms with E-state index >= 15 is 0 Å². The molecule has 2 aromatic carbocycles. The zero-order chi connectivity index (χ0) is 21.3. The van der Waals surface area contributed by atoms with Crippen molar-refractivity contribution in [3.05, 3.63) is 58.6 Å². The van der Waals surface area contributed by atoms with Gasteiger partial charge in [0.25, 0.3) is 0 Å². The summed E-state index contributed by atoms with van der Waals surface area (Å²) >= 11 is 5.48. The molecule has 0 saturated carbocycles. The fraction of sp³-hybridized carbons (Fsp3) is 0.188. The van der Waals surface area contributed by atoms with Crippen molar-refractivity contribution in [1.29, 1.82) is 0 Å². The van der Waals surface area contributed by atoms with Crippen molar-refractivity contribution in [2.24, 2.45) is 0 Å². The molecule has 0 heterocycles. The van der Waals surface area contributed by atoms with Crippen molar-refractivity contribution in [2.45, 2.75) is 11.1 Å². The van der Waals surface area contributed by atoms with Gasteiger partial charge in [0.1, 0.15) is 0 Å². The molecule has 0 radical (unpaired) electrons. The number of alkyl halides is 3. The Morgan fingerprint density at radius 2 is 1.75 bits per heavy atom. The van der Waals surface area contributed by atoms with Crippen LogP contribution < -0.4 is 5.32 Å². The summed E-state index contributed by atoms with van der Waals surface area (Å²) in [6.45, 7) is -0.786. The van der Waals surface area contributed by atoms with E-state index in [9.17, 15) is 35.2 Å². The summed E-state index contributed by atoms with van der Waals surface area (Å²) in [5.74, 6) is -3.59. The number of nitrogens with one attached hydrogen (secondary N) is 1. The highest BCUT2D eigenvalue weighted by Gasteiger charge is 2.33. The average Bonchev–Trinajstić information content (AvgIpc) is 2.57. The molecule has 0 atom stereocenters. The normalized spacial score (nSPS) is 12.3. The molecule has 0 fully saturated rings. The van der Waals surface area contributed by atoms with Crippen LogP contribution in [0.2, 0.25) is 5.02 Å². The Morgan fingerprint density at radius 1 is 1.11 bits per heavy atom. The number of nitrogens with zero attached hydrogens (tertiary/aromatic N) is 1.